The van der Waals surface area contributed by atoms with E-state index >= 15 is 0 Å². The summed E-state index contributed by atoms with van der Waals surface area (Å²) in [7, 11) is 0. The standard InChI is InChI=1S/C17H24N2O4/c18-17(7-10-21-11-8-17)16(20)19-13-3-5-14(6-4-13)23-12-15-2-1-9-22-15/h3-6,15H,1-2,7-12,18H2,(H,19,20). The van der Waals surface area contributed by atoms with Crippen LogP contribution < -0.4 is 15.8 Å². The molecule has 2 aliphatic heterocycles. The highest BCUT2D eigenvalue weighted by Gasteiger charge is 2.35. The van der Waals surface area contributed by atoms with Crippen molar-refractivity contribution in [1.82, 2.24) is 0 Å². The van der Waals surface area contributed by atoms with Crippen LogP contribution in [0, 0.1) is 0 Å². The maximum absolute atomic E-state index is 12.3. The van der Waals surface area contributed by atoms with Crippen molar-refractivity contribution in [2.24, 2.45) is 5.73 Å². The summed E-state index contributed by atoms with van der Waals surface area (Å²) < 4.78 is 16.5. The van der Waals surface area contributed by atoms with Gasteiger partial charge in [-0.2, -0.15) is 0 Å². The maximum atomic E-state index is 12.3. The van der Waals surface area contributed by atoms with E-state index in [1.165, 1.54) is 0 Å². The minimum absolute atomic E-state index is 0.158. The lowest BCUT2D eigenvalue weighted by Crippen LogP contribution is -2.54. The van der Waals surface area contributed by atoms with E-state index in [-0.39, 0.29) is 12.0 Å². The Bertz CT molecular complexity index is 520. The van der Waals surface area contributed by atoms with Crippen molar-refractivity contribution in [3.8, 4) is 5.75 Å². The fourth-order valence-corrected chi connectivity index (χ4v) is 2.82. The van der Waals surface area contributed by atoms with Crippen molar-refractivity contribution in [2.45, 2.75) is 37.3 Å². The molecule has 3 rings (SSSR count). The zero-order chi connectivity index (χ0) is 16.1. The molecule has 1 amide bonds. The summed E-state index contributed by atoms with van der Waals surface area (Å²) in [6, 6.07) is 7.34. The summed E-state index contributed by atoms with van der Waals surface area (Å²) >= 11 is 0. The predicted octanol–water partition coefficient (Wildman–Crippen LogP) is 1.69. The van der Waals surface area contributed by atoms with Gasteiger partial charge in [0, 0.05) is 25.5 Å². The van der Waals surface area contributed by atoms with Crippen LogP contribution in [0.1, 0.15) is 25.7 Å². The Morgan fingerprint density at radius 1 is 1.26 bits per heavy atom. The highest BCUT2D eigenvalue weighted by atomic mass is 16.5. The minimum Gasteiger partial charge on any atom is -0.491 e. The van der Waals surface area contributed by atoms with Gasteiger partial charge in [-0.1, -0.05) is 0 Å². The number of carbonyl (C=O) groups excluding carboxylic acids is 1. The zero-order valence-corrected chi connectivity index (χ0v) is 13.3. The Hall–Kier alpha value is -1.63. The average molecular weight is 320 g/mol. The van der Waals surface area contributed by atoms with E-state index in [1.54, 1.807) is 0 Å². The van der Waals surface area contributed by atoms with E-state index in [4.69, 9.17) is 19.9 Å². The first-order chi connectivity index (χ1) is 11.2. The average Bonchev–Trinajstić information content (AvgIpc) is 3.08. The second kappa shape index (κ2) is 7.29. The van der Waals surface area contributed by atoms with Gasteiger partial charge in [-0.15, -0.1) is 0 Å². The van der Waals surface area contributed by atoms with Crippen LogP contribution in [0.2, 0.25) is 0 Å². The number of anilines is 1. The normalized spacial score (nSPS) is 23.4. The lowest BCUT2D eigenvalue weighted by Gasteiger charge is -2.31. The van der Waals surface area contributed by atoms with Gasteiger partial charge >= 0.3 is 0 Å². The van der Waals surface area contributed by atoms with Crippen LogP contribution in [0.15, 0.2) is 24.3 Å². The van der Waals surface area contributed by atoms with Gasteiger partial charge in [0.25, 0.3) is 0 Å². The van der Waals surface area contributed by atoms with Gasteiger partial charge < -0.3 is 25.3 Å². The van der Waals surface area contributed by atoms with Gasteiger partial charge in [0.15, 0.2) is 0 Å². The maximum Gasteiger partial charge on any atom is 0.244 e. The van der Waals surface area contributed by atoms with E-state index in [2.05, 4.69) is 5.32 Å². The lowest BCUT2D eigenvalue weighted by atomic mass is 9.90. The SMILES string of the molecule is NC1(C(=O)Nc2ccc(OCC3CCCO3)cc2)CCOCC1. The molecule has 23 heavy (non-hydrogen) atoms. The molecule has 2 fully saturated rings. The van der Waals surface area contributed by atoms with Gasteiger partial charge in [-0.3, -0.25) is 4.79 Å². The van der Waals surface area contributed by atoms with E-state index in [9.17, 15) is 4.79 Å². The molecule has 2 saturated heterocycles. The summed E-state index contributed by atoms with van der Waals surface area (Å²) in [6.07, 6.45) is 3.43. The number of nitrogens with one attached hydrogen (secondary N) is 1. The van der Waals surface area contributed by atoms with Crippen LogP contribution in [-0.2, 0) is 14.3 Å². The first kappa shape index (κ1) is 16.2. The first-order valence-corrected chi connectivity index (χ1v) is 8.18. The Labute approximate surface area is 136 Å². The minimum atomic E-state index is -0.840. The molecule has 1 aromatic carbocycles. The monoisotopic (exact) mass is 320 g/mol. The topological polar surface area (TPSA) is 82.8 Å². The van der Waals surface area contributed by atoms with Crippen LogP contribution in [0.3, 0.4) is 0 Å². The number of ether oxygens (including phenoxy) is 3. The van der Waals surface area contributed by atoms with E-state index in [0.717, 1.165) is 30.9 Å². The van der Waals surface area contributed by atoms with Crippen molar-refractivity contribution < 1.29 is 19.0 Å². The zero-order valence-electron chi connectivity index (χ0n) is 13.3. The van der Waals surface area contributed by atoms with Crippen molar-refractivity contribution in [1.29, 1.82) is 0 Å². The summed E-state index contributed by atoms with van der Waals surface area (Å²) in [5.41, 5.74) is 6.05. The Morgan fingerprint density at radius 3 is 2.65 bits per heavy atom. The fraction of sp³-hybridized carbons (Fsp3) is 0.588. The molecule has 2 aliphatic rings. The fourth-order valence-electron chi connectivity index (χ4n) is 2.82. The Balaban J connectivity index is 1.51. The predicted molar refractivity (Wildman–Crippen MR) is 86.5 cm³/mol. The molecule has 1 unspecified atom stereocenters. The Morgan fingerprint density at radius 2 is 2.00 bits per heavy atom. The molecule has 0 spiro atoms. The summed E-state index contributed by atoms with van der Waals surface area (Å²) in [5.74, 6) is 0.612. The molecular weight excluding hydrogens is 296 g/mol. The van der Waals surface area contributed by atoms with Gasteiger partial charge in [0.2, 0.25) is 5.91 Å². The number of nitrogens with two attached hydrogens (primary N) is 1. The summed E-state index contributed by atoms with van der Waals surface area (Å²) in [6.45, 7) is 2.45. The van der Waals surface area contributed by atoms with Crippen molar-refractivity contribution in [3.63, 3.8) is 0 Å². The quantitative estimate of drug-likeness (QED) is 0.863. The Kier molecular flexibility index (Phi) is 5.15. The molecule has 1 aromatic rings. The van der Waals surface area contributed by atoms with Gasteiger partial charge in [0.05, 0.1) is 6.10 Å². The number of hydrogen-bond donors (Lipinski definition) is 2. The second-order valence-corrected chi connectivity index (χ2v) is 6.19. The van der Waals surface area contributed by atoms with Crippen LogP contribution in [0.4, 0.5) is 5.69 Å². The molecule has 6 heteroatoms. The molecule has 0 radical (unpaired) electrons. The molecular formula is C17H24N2O4. The molecule has 0 bridgehead atoms. The largest absolute Gasteiger partial charge is 0.491 e. The molecule has 2 heterocycles. The lowest BCUT2D eigenvalue weighted by molar-refractivity contribution is -0.124. The molecule has 0 aliphatic carbocycles. The van der Waals surface area contributed by atoms with Gasteiger partial charge in [0.1, 0.15) is 17.9 Å². The first-order valence-electron chi connectivity index (χ1n) is 8.18. The van der Waals surface area contributed by atoms with Crippen molar-refractivity contribution >= 4 is 11.6 Å². The number of rotatable bonds is 5. The molecule has 3 N–H and O–H groups in total. The molecule has 0 aromatic heterocycles. The third kappa shape index (κ3) is 4.22. The third-order valence-corrected chi connectivity index (χ3v) is 4.41. The molecule has 126 valence electrons. The highest BCUT2D eigenvalue weighted by molar-refractivity contribution is 5.98. The molecule has 0 saturated carbocycles. The van der Waals surface area contributed by atoms with Crippen LogP contribution >= 0.6 is 0 Å². The summed E-state index contributed by atoms with van der Waals surface area (Å²) in [5, 5.41) is 2.88. The van der Waals surface area contributed by atoms with Crippen LogP contribution in [0.25, 0.3) is 0 Å². The number of hydrogen-bond acceptors (Lipinski definition) is 5. The number of carbonyl (C=O) groups is 1. The van der Waals surface area contributed by atoms with Crippen molar-refractivity contribution in [3.05, 3.63) is 24.3 Å². The van der Waals surface area contributed by atoms with E-state index in [1.807, 2.05) is 24.3 Å². The highest BCUT2D eigenvalue weighted by Crippen LogP contribution is 2.22. The van der Waals surface area contributed by atoms with Gasteiger partial charge in [-0.25, -0.2) is 0 Å². The van der Waals surface area contributed by atoms with Gasteiger partial charge in [-0.05, 0) is 49.9 Å². The smallest absolute Gasteiger partial charge is 0.244 e. The van der Waals surface area contributed by atoms with E-state index < -0.39 is 5.54 Å². The molecule has 6 nitrogen and oxygen atoms in total. The summed E-state index contributed by atoms with van der Waals surface area (Å²) in [4.78, 5) is 12.3. The van der Waals surface area contributed by atoms with Crippen LogP contribution in [0.5, 0.6) is 5.75 Å². The third-order valence-electron chi connectivity index (χ3n) is 4.41. The number of benzene rings is 1. The molecule has 1 atom stereocenters. The van der Waals surface area contributed by atoms with E-state index in [0.29, 0.717) is 32.7 Å². The second-order valence-electron chi connectivity index (χ2n) is 6.19. The van der Waals surface area contributed by atoms with Crippen molar-refractivity contribution in [2.75, 3.05) is 31.7 Å². The number of amides is 1. The van der Waals surface area contributed by atoms with Crippen LogP contribution in [-0.4, -0.2) is 44.0 Å².